The summed E-state index contributed by atoms with van der Waals surface area (Å²) in [5.41, 5.74) is 0.283. The molecule has 2 aliphatic rings. The van der Waals surface area contributed by atoms with Crippen molar-refractivity contribution in [1.29, 1.82) is 0 Å². The van der Waals surface area contributed by atoms with Crippen molar-refractivity contribution in [3.63, 3.8) is 0 Å². The molecule has 0 heterocycles. The third-order valence-electron chi connectivity index (χ3n) is 7.24. The minimum atomic E-state index is -3.78. The molecule has 0 saturated heterocycles. The molecule has 1 amide bonds. The summed E-state index contributed by atoms with van der Waals surface area (Å²) in [5, 5.41) is 2.89. The highest BCUT2D eigenvalue weighted by atomic mass is 32.2. The summed E-state index contributed by atoms with van der Waals surface area (Å²) in [4.78, 5) is 27.3. The van der Waals surface area contributed by atoms with Gasteiger partial charge in [0.25, 0.3) is 5.91 Å². The maximum absolute atomic E-state index is 13.1. The lowest BCUT2D eigenvalue weighted by Crippen LogP contribution is -2.43. The van der Waals surface area contributed by atoms with Crippen molar-refractivity contribution in [1.82, 2.24) is 5.32 Å². The number of amides is 1. The number of ketones is 1. The van der Waals surface area contributed by atoms with Crippen LogP contribution in [0.3, 0.4) is 0 Å². The Balaban J connectivity index is 1.85. The molecule has 31 heavy (non-hydrogen) atoms. The van der Waals surface area contributed by atoms with E-state index in [1.165, 1.54) is 0 Å². The van der Waals surface area contributed by atoms with E-state index in [9.17, 15) is 18.0 Å². The number of hydrogen-bond donors (Lipinski definition) is 2. The van der Waals surface area contributed by atoms with E-state index in [1.54, 1.807) is 18.2 Å². The number of rotatable bonds is 8. The quantitative estimate of drug-likeness (QED) is 0.635. The van der Waals surface area contributed by atoms with E-state index in [1.807, 2.05) is 46.7 Å². The molecular formula is C23H35N3O4S. The van der Waals surface area contributed by atoms with Gasteiger partial charge >= 0.3 is 0 Å². The molecule has 0 aliphatic heterocycles. The Morgan fingerprint density at radius 1 is 1.26 bits per heavy atom. The van der Waals surface area contributed by atoms with E-state index in [-0.39, 0.29) is 28.8 Å². The lowest BCUT2D eigenvalue weighted by molar-refractivity contribution is -0.128. The number of hydrogen-bond acceptors (Lipinski definition) is 5. The van der Waals surface area contributed by atoms with Gasteiger partial charge in [-0.05, 0) is 48.3 Å². The van der Waals surface area contributed by atoms with Crippen molar-refractivity contribution in [2.75, 3.05) is 36.0 Å². The zero-order valence-corrected chi connectivity index (χ0v) is 20.2. The third kappa shape index (κ3) is 4.31. The molecule has 1 aromatic carbocycles. The average Bonchev–Trinajstić information content (AvgIpc) is 2.99. The fourth-order valence-electron chi connectivity index (χ4n) is 5.21. The van der Waals surface area contributed by atoms with E-state index < -0.39 is 15.4 Å². The number of nitrogens with zero attached hydrogens (tertiary/aromatic N) is 1. The van der Waals surface area contributed by atoms with Crippen LogP contribution < -0.4 is 14.9 Å². The van der Waals surface area contributed by atoms with Crippen LogP contribution in [0.25, 0.3) is 0 Å². The lowest BCUT2D eigenvalue weighted by Gasteiger charge is -2.36. The van der Waals surface area contributed by atoms with Crippen LogP contribution in [0, 0.1) is 22.7 Å². The number of Topliss-reactive ketones (excluding diaryl/α,β-unsaturated/α-hetero) is 1. The summed E-state index contributed by atoms with van der Waals surface area (Å²) >= 11 is 0. The second-order valence-corrected chi connectivity index (χ2v) is 12.0. The summed E-state index contributed by atoms with van der Waals surface area (Å²) in [6.45, 7) is 8.60. The normalized spacial score (nSPS) is 24.5. The number of carbonyl (C=O) groups is 2. The van der Waals surface area contributed by atoms with E-state index in [2.05, 4.69) is 10.0 Å². The SMILES string of the molecule is CC(C)CNC(=O)c1cc(NS(=O)(=O)CC23CCC(CC2=O)C3(C)C)ccc1N(C)C. The minimum absolute atomic E-state index is 0.0656. The van der Waals surface area contributed by atoms with Crippen LogP contribution in [0.5, 0.6) is 0 Å². The molecule has 0 aromatic heterocycles. The van der Waals surface area contributed by atoms with Crippen LogP contribution in [-0.4, -0.2) is 46.5 Å². The van der Waals surface area contributed by atoms with E-state index in [0.717, 1.165) is 6.42 Å². The van der Waals surface area contributed by atoms with Crippen LogP contribution in [0.4, 0.5) is 11.4 Å². The van der Waals surface area contributed by atoms with E-state index >= 15 is 0 Å². The molecule has 2 aliphatic carbocycles. The Morgan fingerprint density at radius 3 is 2.45 bits per heavy atom. The zero-order valence-electron chi connectivity index (χ0n) is 19.4. The van der Waals surface area contributed by atoms with Gasteiger partial charge in [-0.25, -0.2) is 8.42 Å². The van der Waals surface area contributed by atoms with Crippen LogP contribution in [0.2, 0.25) is 0 Å². The maximum atomic E-state index is 13.1. The van der Waals surface area contributed by atoms with Gasteiger partial charge in [0.2, 0.25) is 10.0 Å². The second kappa shape index (κ2) is 8.11. The van der Waals surface area contributed by atoms with Gasteiger partial charge < -0.3 is 10.2 Å². The molecule has 0 radical (unpaired) electrons. The Labute approximate surface area is 186 Å². The first-order valence-electron chi connectivity index (χ1n) is 10.9. The highest BCUT2D eigenvalue weighted by molar-refractivity contribution is 7.92. The molecule has 7 nitrogen and oxygen atoms in total. The Morgan fingerprint density at radius 2 is 1.94 bits per heavy atom. The van der Waals surface area contributed by atoms with Crippen LogP contribution in [-0.2, 0) is 14.8 Å². The van der Waals surface area contributed by atoms with Crippen molar-refractivity contribution >= 4 is 33.1 Å². The fraction of sp³-hybridized carbons (Fsp3) is 0.652. The molecule has 2 N–H and O–H groups in total. The fourth-order valence-corrected chi connectivity index (χ4v) is 7.10. The summed E-state index contributed by atoms with van der Waals surface area (Å²) in [5.74, 6) is 0.159. The van der Waals surface area contributed by atoms with Gasteiger partial charge in [0.1, 0.15) is 5.78 Å². The largest absolute Gasteiger partial charge is 0.377 e. The number of sulfonamides is 1. The summed E-state index contributed by atoms with van der Waals surface area (Å²) in [6.07, 6.45) is 1.99. The van der Waals surface area contributed by atoms with Crippen molar-refractivity contribution < 1.29 is 18.0 Å². The molecule has 3 rings (SSSR count). The monoisotopic (exact) mass is 449 g/mol. The first kappa shape index (κ1) is 23.6. The number of nitrogens with one attached hydrogen (secondary N) is 2. The van der Waals surface area contributed by atoms with Gasteiger partial charge in [-0.3, -0.25) is 14.3 Å². The van der Waals surface area contributed by atoms with Crippen molar-refractivity contribution in [2.45, 2.75) is 47.0 Å². The van der Waals surface area contributed by atoms with Crippen molar-refractivity contribution in [3.05, 3.63) is 23.8 Å². The zero-order chi connectivity index (χ0) is 23.2. The van der Waals surface area contributed by atoms with Gasteiger partial charge in [0, 0.05) is 38.4 Å². The third-order valence-corrected chi connectivity index (χ3v) is 8.66. The maximum Gasteiger partial charge on any atom is 0.253 e. The lowest BCUT2D eigenvalue weighted by atomic mass is 9.70. The molecule has 0 spiro atoms. The van der Waals surface area contributed by atoms with Crippen molar-refractivity contribution in [3.8, 4) is 0 Å². The van der Waals surface area contributed by atoms with Gasteiger partial charge in [-0.1, -0.05) is 27.7 Å². The van der Waals surface area contributed by atoms with E-state index in [4.69, 9.17) is 0 Å². The molecule has 8 heteroatoms. The highest BCUT2D eigenvalue weighted by Crippen LogP contribution is 2.64. The first-order valence-corrected chi connectivity index (χ1v) is 12.6. The number of fused-ring (bicyclic) bond motifs is 2. The first-order chi connectivity index (χ1) is 14.3. The minimum Gasteiger partial charge on any atom is -0.377 e. The molecule has 2 fully saturated rings. The van der Waals surface area contributed by atoms with Gasteiger partial charge in [0.05, 0.1) is 16.7 Å². The number of carbonyl (C=O) groups excluding carboxylic acids is 2. The standard InChI is InChI=1S/C23H35N3O4S/c1-15(2)13-24-21(28)18-12-17(7-8-19(18)26(5)6)25-31(29,30)14-23-10-9-16(11-20(23)27)22(23,3)4/h7-8,12,15-16,25H,9-11,13-14H2,1-6H3,(H,24,28). The van der Waals surface area contributed by atoms with Crippen LogP contribution in [0.15, 0.2) is 18.2 Å². The highest BCUT2D eigenvalue weighted by Gasteiger charge is 2.65. The van der Waals surface area contributed by atoms with Gasteiger partial charge in [-0.2, -0.15) is 0 Å². The molecule has 1 aromatic rings. The van der Waals surface area contributed by atoms with Crippen LogP contribution in [0.1, 0.15) is 57.3 Å². The van der Waals surface area contributed by atoms with Crippen molar-refractivity contribution in [2.24, 2.45) is 22.7 Å². The predicted octanol–water partition coefficient (Wildman–Crippen LogP) is 3.28. The van der Waals surface area contributed by atoms with Crippen LogP contribution >= 0.6 is 0 Å². The Hall–Kier alpha value is -2.09. The molecule has 2 bridgehead atoms. The summed E-state index contributed by atoms with van der Waals surface area (Å²) < 4.78 is 28.9. The van der Waals surface area contributed by atoms with Gasteiger partial charge in [0.15, 0.2) is 0 Å². The Kier molecular flexibility index (Phi) is 6.17. The smallest absolute Gasteiger partial charge is 0.253 e. The van der Waals surface area contributed by atoms with Gasteiger partial charge in [-0.15, -0.1) is 0 Å². The molecule has 2 atom stereocenters. The topological polar surface area (TPSA) is 95.6 Å². The average molecular weight is 450 g/mol. The molecular weight excluding hydrogens is 414 g/mol. The van der Waals surface area contributed by atoms with E-state index in [0.29, 0.717) is 42.2 Å². The summed E-state index contributed by atoms with van der Waals surface area (Å²) in [6, 6.07) is 4.96. The molecule has 2 saturated carbocycles. The Bertz CT molecular complexity index is 985. The predicted molar refractivity (Wildman–Crippen MR) is 124 cm³/mol. The molecule has 172 valence electrons. The number of benzene rings is 1. The number of anilines is 2. The summed E-state index contributed by atoms with van der Waals surface area (Å²) in [7, 11) is -0.113. The molecule has 2 unspecified atom stereocenters. The second-order valence-electron chi connectivity index (χ2n) is 10.3.